The average Bonchev–Trinajstić information content (AvgIpc) is 2.99. The minimum Gasteiger partial charge on any atom is -0.457 e. The van der Waals surface area contributed by atoms with Crippen LogP contribution in [0.3, 0.4) is 0 Å². The zero-order valence-electron chi connectivity index (χ0n) is 10.3. The maximum Gasteiger partial charge on any atom is 0.340 e. The van der Waals surface area contributed by atoms with Gasteiger partial charge >= 0.3 is 18.4 Å². The number of nitrogens with zero attached hydrogens (tertiary/aromatic N) is 5. The number of aromatic nitrogens is 5. The number of ether oxygens (including phenoxy) is 1. The Balaban J connectivity index is 2.22. The van der Waals surface area contributed by atoms with Crippen LogP contribution in [0.2, 0.25) is 0 Å². The molecule has 114 valence electrons. The predicted molar refractivity (Wildman–Crippen MR) is 61.2 cm³/mol. The third-order valence-corrected chi connectivity index (χ3v) is 2.18. The zero-order chi connectivity index (χ0) is 15.5. The van der Waals surface area contributed by atoms with Crippen molar-refractivity contribution in [2.45, 2.75) is 12.3 Å². The minimum absolute atomic E-state index is 0.0363. The normalized spacial score (nSPS) is 11.7. The van der Waals surface area contributed by atoms with E-state index in [2.05, 4.69) is 30.1 Å². The molecule has 0 fully saturated rings. The van der Waals surface area contributed by atoms with Crippen molar-refractivity contribution in [1.29, 1.82) is 0 Å². The molecule has 0 atom stereocenters. The van der Waals surface area contributed by atoms with Crippen LogP contribution >= 0.6 is 0 Å². The number of rotatable bonds is 6. The van der Waals surface area contributed by atoms with E-state index in [1.54, 1.807) is 0 Å². The monoisotopic (exact) mass is 307 g/mol. The molecule has 21 heavy (non-hydrogen) atoms. The number of alkyl halides is 4. The van der Waals surface area contributed by atoms with E-state index < -0.39 is 25.0 Å². The van der Waals surface area contributed by atoms with Crippen molar-refractivity contribution < 1.29 is 22.3 Å². The first-order chi connectivity index (χ1) is 9.92. The highest BCUT2D eigenvalue weighted by Crippen LogP contribution is 2.23. The average molecular weight is 307 g/mol. The van der Waals surface area contributed by atoms with Crippen molar-refractivity contribution >= 4 is 5.95 Å². The van der Waals surface area contributed by atoms with Gasteiger partial charge in [0.25, 0.3) is 0 Å². The van der Waals surface area contributed by atoms with E-state index in [1.807, 2.05) is 0 Å². The Hall–Kier alpha value is -2.50. The molecule has 0 aromatic carbocycles. The lowest BCUT2D eigenvalue weighted by atomic mass is 10.4. The van der Waals surface area contributed by atoms with Crippen molar-refractivity contribution in [3.8, 4) is 12.0 Å². The molecule has 8 nitrogen and oxygen atoms in total. The first-order valence-corrected chi connectivity index (χ1v) is 5.42. The largest absolute Gasteiger partial charge is 0.457 e. The molecule has 0 aliphatic heterocycles. The molecular weight excluding hydrogens is 298 g/mol. The number of anilines is 1. The Morgan fingerprint density at radius 2 is 2.10 bits per heavy atom. The number of halogens is 4. The van der Waals surface area contributed by atoms with Crippen molar-refractivity contribution in [1.82, 2.24) is 24.5 Å². The summed E-state index contributed by atoms with van der Waals surface area (Å²) in [6.45, 7) is -1.58. The molecule has 0 unspecified atom stereocenters. The van der Waals surface area contributed by atoms with Crippen molar-refractivity contribution in [3.63, 3.8) is 0 Å². The Morgan fingerprint density at radius 3 is 2.67 bits per heavy atom. The molecule has 0 amide bonds. The van der Waals surface area contributed by atoms with E-state index in [-0.39, 0.29) is 11.9 Å². The summed E-state index contributed by atoms with van der Waals surface area (Å²) >= 11 is 0. The third kappa shape index (κ3) is 3.53. The predicted octanol–water partition coefficient (Wildman–Crippen LogP) is 0.622. The van der Waals surface area contributed by atoms with Crippen LogP contribution in [0.4, 0.5) is 23.5 Å². The van der Waals surface area contributed by atoms with Crippen LogP contribution in [0.15, 0.2) is 18.7 Å². The summed E-state index contributed by atoms with van der Waals surface area (Å²) in [5, 5.41) is 0. The first-order valence-electron chi connectivity index (χ1n) is 5.42. The second-order valence-electron chi connectivity index (χ2n) is 3.71. The topological polar surface area (TPSA) is 104 Å². The van der Waals surface area contributed by atoms with Gasteiger partial charge in [0.05, 0.1) is 0 Å². The van der Waals surface area contributed by atoms with Crippen LogP contribution in [0.5, 0.6) is 6.01 Å². The lowest BCUT2D eigenvalue weighted by molar-refractivity contribution is -0.149. The van der Waals surface area contributed by atoms with Crippen LogP contribution in [0.25, 0.3) is 5.95 Å². The molecule has 0 bridgehead atoms. The van der Waals surface area contributed by atoms with Gasteiger partial charge in [-0.25, -0.2) is 19.6 Å². The van der Waals surface area contributed by atoms with Gasteiger partial charge < -0.3 is 4.74 Å². The second kappa shape index (κ2) is 5.87. The van der Waals surface area contributed by atoms with Crippen molar-refractivity contribution in [2.24, 2.45) is 5.84 Å². The van der Waals surface area contributed by atoms with E-state index in [9.17, 15) is 17.6 Å². The summed E-state index contributed by atoms with van der Waals surface area (Å²) in [4.78, 5) is 14.8. The summed E-state index contributed by atoms with van der Waals surface area (Å²) in [6, 6.07) is -0.582. The van der Waals surface area contributed by atoms with Crippen LogP contribution in [0, 0.1) is 0 Å². The van der Waals surface area contributed by atoms with E-state index >= 15 is 0 Å². The standard InChI is InChI=1S/C9H9F4N7O/c10-5(11)9(12,13)3-21-8-17-6(19-14)16-7(18-8)20-2-1-15-4-20/h1-2,4-5H,3,14H2,(H,16,17,18,19). The molecule has 0 saturated heterocycles. The van der Waals surface area contributed by atoms with Crippen LogP contribution in [0.1, 0.15) is 0 Å². The van der Waals surface area contributed by atoms with Crippen molar-refractivity contribution in [3.05, 3.63) is 18.7 Å². The van der Waals surface area contributed by atoms with E-state index in [0.29, 0.717) is 0 Å². The first kappa shape index (κ1) is 14.9. The smallest absolute Gasteiger partial charge is 0.340 e. The van der Waals surface area contributed by atoms with Gasteiger partial charge in [-0.2, -0.15) is 23.7 Å². The van der Waals surface area contributed by atoms with Gasteiger partial charge in [-0.1, -0.05) is 0 Å². The minimum atomic E-state index is -4.32. The number of hydrogen-bond donors (Lipinski definition) is 2. The van der Waals surface area contributed by atoms with E-state index in [0.717, 1.165) is 0 Å². The van der Waals surface area contributed by atoms with Gasteiger partial charge in [0.2, 0.25) is 11.9 Å². The SMILES string of the molecule is NNc1nc(OCC(F)(F)C(F)F)nc(-n2ccnc2)n1. The number of hydrazine groups is 1. The lowest BCUT2D eigenvalue weighted by Crippen LogP contribution is -2.34. The molecule has 0 aliphatic rings. The summed E-state index contributed by atoms with van der Waals surface area (Å²) in [6.07, 6.45) is 0.352. The maximum atomic E-state index is 12.8. The molecular formula is C9H9F4N7O. The Kier molecular flexibility index (Phi) is 4.16. The molecule has 2 aromatic heterocycles. The molecule has 0 spiro atoms. The van der Waals surface area contributed by atoms with Gasteiger partial charge in [0, 0.05) is 12.4 Å². The summed E-state index contributed by atoms with van der Waals surface area (Å²) in [7, 11) is 0. The number of imidazole rings is 1. The number of hydrogen-bond acceptors (Lipinski definition) is 7. The zero-order valence-corrected chi connectivity index (χ0v) is 10.3. The third-order valence-electron chi connectivity index (χ3n) is 2.18. The van der Waals surface area contributed by atoms with Gasteiger partial charge in [0.1, 0.15) is 6.33 Å². The number of nitrogens with one attached hydrogen (secondary N) is 1. The van der Waals surface area contributed by atoms with Gasteiger partial charge in [-0.3, -0.25) is 9.99 Å². The molecule has 3 N–H and O–H groups in total. The molecule has 2 heterocycles. The molecule has 2 aromatic rings. The number of nitrogens with two attached hydrogens (primary N) is 1. The highest BCUT2D eigenvalue weighted by Gasteiger charge is 2.42. The van der Waals surface area contributed by atoms with Crippen LogP contribution in [-0.4, -0.2) is 43.5 Å². The fraction of sp³-hybridized carbons (Fsp3) is 0.333. The summed E-state index contributed by atoms with van der Waals surface area (Å²) < 4.78 is 55.5. The summed E-state index contributed by atoms with van der Waals surface area (Å²) in [5.41, 5.74) is 2.08. The maximum absolute atomic E-state index is 12.8. The van der Waals surface area contributed by atoms with Gasteiger partial charge in [-0.15, -0.1) is 0 Å². The molecule has 0 aliphatic carbocycles. The van der Waals surface area contributed by atoms with Crippen LogP contribution in [-0.2, 0) is 0 Å². The molecule has 0 saturated carbocycles. The lowest BCUT2D eigenvalue weighted by Gasteiger charge is -2.15. The quantitative estimate of drug-likeness (QED) is 0.458. The van der Waals surface area contributed by atoms with Crippen molar-refractivity contribution in [2.75, 3.05) is 12.0 Å². The van der Waals surface area contributed by atoms with E-state index in [1.165, 1.54) is 23.3 Å². The fourth-order valence-corrected chi connectivity index (χ4v) is 1.19. The highest BCUT2D eigenvalue weighted by atomic mass is 19.3. The Labute approximate surface area is 115 Å². The Morgan fingerprint density at radius 1 is 1.33 bits per heavy atom. The molecule has 12 heteroatoms. The summed E-state index contributed by atoms with van der Waals surface area (Å²) in [5.74, 6) is 0.572. The Bertz CT molecular complexity index is 592. The number of nitrogen functional groups attached to an aromatic ring is 1. The second-order valence-corrected chi connectivity index (χ2v) is 3.71. The molecule has 0 radical (unpaired) electrons. The molecule has 2 rings (SSSR count). The van der Waals surface area contributed by atoms with Gasteiger partial charge in [-0.05, 0) is 0 Å². The fourth-order valence-electron chi connectivity index (χ4n) is 1.19. The van der Waals surface area contributed by atoms with Gasteiger partial charge in [0.15, 0.2) is 6.61 Å². The van der Waals surface area contributed by atoms with E-state index in [4.69, 9.17) is 5.84 Å². The highest BCUT2D eigenvalue weighted by molar-refractivity contribution is 5.28. The van der Waals surface area contributed by atoms with Crippen LogP contribution < -0.4 is 16.0 Å².